The van der Waals surface area contributed by atoms with Crippen molar-refractivity contribution in [2.45, 2.75) is 12.8 Å². The summed E-state index contributed by atoms with van der Waals surface area (Å²) in [6.45, 7) is 0. The van der Waals surface area contributed by atoms with E-state index >= 15 is 0 Å². The molecular formula is C28H26O2. The number of hydrogen-bond acceptors (Lipinski definition) is 2. The van der Waals surface area contributed by atoms with E-state index in [2.05, 4.69) is 72.8 Å². The molecule has 0 fully saturated rings. The van der Waals surface area contributed by atoms with Crippen LogP contribution < -0.4 is 9.47 Å². The van der Waals surface area contributed by atoms with Gasteiger partial charge in [-0.3, -0.25) is 0 Å². The summed E-state index contributed by atoms with van der Waals surface area (Å²) in [5.41, 5.74) is 7.67. The fourth-order valence-electron chi connectivity index (χ4n) is 3.59. The topological polar surface area (TPSA) is 18.5 Å². The van der Waals surface area contributed by atoms with Crippen molar-refractivity contribution in [1.82, 2.24) is 0 Å². The standard InChI is InChI=1S/C28H26O2/c1-29-27-15-9-24(10-16-27)20-22-5-3-21(4-6-22)19-23-7-11-25(12-8-23)26-13-17-28(30-2)18-14-26/h3-18H,19-20H2,1-2H3. The average molecular weight is 395 g/mol. The summed E-state index contributed by atoms with van der Waals surface area (Å²) in [5, 5.41) is 0. The Morgan fingerprint density at radius 2 is 0.667 bits per heavy atom. The quantitative estimate of drug-likeness (QED) is 0.354. The minimum atomic E-state index is 0.880. The first-order valence-electron chi connectivity index (χ1n) is 10.2. The predicted molar refractivity (Wildman–Crippen MR) is 123 cm³/mol. The lowest BCUT2D eigenvalue weighted by molar-refractivity contribution is 0.414. The van der Waals surface area contributed by atoms with E-state index in [1.807, 2.05) is 24.3 Å². The van der Waals surface area contributed by atoms with Crippen LogP contribution in [0.15, 0.2) is 97.1 Å². The van der Waals surface area contributed by atoms with E-state index in [9.17, 15) is 0 Å². The van der Waals surface area contributed by atoms with Crippen LogP contribution in [0.3, 0.4) is 0 Å². The minimum Gasteiger partial charge on any atom is -0.497 e. The van der Waals surface area contributed by atoms with Crippen LogP contribution >= 0.6 is 0 Å². The molecule has 4 aromatic carbocycles. The van der Waals surface area contributed by atoms with Gasteiger partial charge in [-0.25, -0.2) is 0 Å². The van der Waals surface area contributed by atoms with Gasteiger partial charge in [-0.15, -0.1) is 0 Å². The predicted octanol–water partition coefficient (Wildman–Crippen LogP) is 6.55. The van der Waals surface area contributed by atoms with E-state index in [1.54, 1.807) is 14.2 Å². The number of hydrogen-bond donors (Lipinski definition) is 0. The highest BCUT2D eigenvalue weighted by atomic mass is 16.5. The zero-order valence-electron chi connectivity index (χ0n) is 17.5. The van der Waals surface area contributed by atoms with Crippen molar-refractivity contribution < 1.29 is 9.47 Å². The van der Waals surface area contributed by atoms with Gasteiger partial charge in [0.1, 0.15) is 11.5 Å². The maximum Gasteiger partial charge on any atom is 0.118 e. The van der Waals surface area contributed by atoms with Crippen molar-refractivity contribution >= 4 is 0 Å². The summed E-state index contributed by atoms with van der Waals surface area (Å²) in [6.07, 6.45) is 1.87. The zero-order valence-corrected chi connectivity index (χ0v) is 17.5. The van der Waals surface area contributed by atoms with E-state index in [-0.39, 0.29) is 0 Å². The molecule has 150 valence electrons. The summed E-state index contributed by atoms with van der Waals surface area (Å²) < 4.78 is 10.5. The summed E-state index contributed by atoms with van der Waals surface area (Å²) in [4.78, 5) is 0. The third-order valence-corrected chi connectivity index (χ3v) is 5.38. The van der Waals surface area contributed by atoms with Crippen LogP contribution in [0.2, 0.25) is 0 Å². The van der Waals surface area contributed by atoms with E-state index in [0.717, 1.165) is 24.3 Å². The Labute approximate surface area is 178 Å². The van der Waals surface area contributed by atoms with Crippen molar-refractivity contribution in [2.75, 3.05) is 14.2 Å². The molecule has 0 atom stereocenters. The number of rotatable bonds is 7. The zero-order chi connectivity index (χ0) is 20.8. The smallest absolute Gasteiger partial charge is 0.118 e. The SMILES string of the molecule is COc1ccc(Cc2ccc(Cc3ccc(-c4ccc(OC)cc4)cc3)cc2)cc1. The molecule has 0 aliphatic rings. The van der Waals surface area contributed by atoms with E-state index < -0.39 is 0 Å². The molecule has 0 aromatic heterocycles. The number of methoxy groups -OCH3 is 2. The maximum absolute atomic E-state index is 5.24. The second-order valence-electron chi connectivity index (χ2n) is 7.44. The molecule has 2 heteroatoms. The Hall–Kier alpha value is -3.52. The van der Waals surface area contributed by atoms with Gasteiger partial charge >= 0.3 is 0 Å². The van der Waals surface area contributed by atoms with Crippen LogP contribution in [0.5, 0.6) is 11.5 Å². The Bertz CT molecular complexity index is 1060. The second-order valence-corrected chi connectivity index (χ2v) is 7.44. The van der Waals surface area contributed by atoms with Crippen LogP contribution in [0.25, 0.3) is 11.1 Å². The molecule has 0 heterocycles. The highest BCUT2D eigenvalue weighted by molar-refractivity contribution is 5.64. The average Bonchev–Trinajstić information content (AvgIpc) is 2.81. The van der Waals surface area contributed by atoms with Gasteiger partial charge in [-0.2, -0.15) is 0 Å². The minimum absolute atomic E-state index is 0.880. The van der Waals surface area contributed by atoms with Gasteiger partial charge in [0, 0.05) is 0 Å². The normalized spacial score (nSPS) is 10.6. The second kappa shape index (κ2) is 9.32. The lowest BCUT2D eigenvalue weighted by Crippen LogP contribution is -1.92. The molecule has 0 N–H and O–H groups in total. The first-order valence-corrected chi connectivity index (χ1v) is 10.2. The Kier molecular flexibility index (Phi) is 6.14. The van der Waals surface area contributed by atoms with Crippen molar-refractivity contribution in [1.29, 1.82) is 0 Å². The van der Waals surface area contributed by atoms with Gasteiger partial charge in [-0.05, 0) is 70.5 Å². The molecule has 0 saturated heterocycles. The van der Waals surface area contributed by atoms with Crippen molar-refractivity contribution in [3.63, 3.8) is 0 Å². The molecule has 0 spiro atoms. The molecular weight excluding hydrogens is 368 g/mol. The summed E-state index contributed by atoms with van der Waals surface area (Å²) in [6, 6.07) is 34.2. The lowest BCUT2D eigenvalue weighted by Gasteiger charge is -2.08. The van der Waals surface area contributed by atoms with Crippen LogP contribution in [0, 0.1) is 0 Å². The van der Waals surface area contributed by atoms with E-state index in [4.69, 9.17) is 9.47 Å². The maximum atomic E-state index is 5.24. The molecule has 4 rings (SSSR count). The van der Waals surface area contributed by atoms with Gasteiger partial charge in [0.25, 0.3) is 0 Å². The molecule has 2 nitrogen and oxygen atoms in total. The van der Waals surface area contributed by atoms with Crippen LogP contribution in [-0.2, 0) is 12.8 Å². The van der Waals surface area contributed by atoms with Crippen molar-refractivity contribution in [3.8, 4) is 22.6 Å². The molecule has 0 unspecified atom stereocenters. The Morgan fingerprint density at radius 3 is 1.03 bits per heavy atom. The molecule has 0 bridgehead atoms. The largest absolute Gasteiger partial charge is 0.497 e. The summed E-state index contributed by atoms with van der Waals surface area (Å²) in [5.74, 6) is 1.78. The Morgan fingerprint density at radius 1 is 0.400 bits per heavy atom. The van der Waals surface area contributed by atoms with Crippen LogP contribution in [0.4, 0.5) is 0 Å². The molecule has 0 amide bonds. The highest BCUT2D eigenvalue weighted by Gasteiger charge is 2.02. The van der Waals surface area contributed by atoms with Gasteiger partial charge in [0.05, 0.1) is 14.2 Å². The van der Waals surface area contributed by atoms with E-state index in [1.165, 1.54) is 33.4 Å². The number of ether oxygens (including phenoxy) is 2. The van der Waals surface area contributed by atoms with Crippen molar-refractivity contribution in [3.05, 3.63) is 119 Å². The van der Waals surface area contributed by atoms with Crippen LogP contribution in [-0.4, -0.2) is 14.2 Å². The molecule has 0 aliphatic carbocycles. The molecule has 0 aliphatic heterocycles. The molecule has 30 heavy (non-hydrogen) atoms. The van der Waals surface area contributed by atoms with E-state index in [0.29, 0.717) is 0 Å². The van der Waals surface area contributed by atoms with Gasteiger partial charge in [0.15, 0.2) is 0 Å². The lowest BCUT2D eigenvalue weighted by atomic mass is 9.98. The highest BCUT2D eigenvalue weighted by Crippen LogP contribution is 2.23. The monoisotopic (exact) mass is 394 g/mol. The Balaban J connectivity index is 1.38. The van der Waals surface area contributed by atoms with Gasteiger partial charge in [-0.1, -0.05) is 72.8 Å². The summed E-state index contributed by atoms with van der Waals surface area (Å²) >= 11 is 0. The first kappa shape index (κ1) is 19.8. The third-order valence-electron chi connectivity index (χ3n) is 5.38. The molecule has 4 aromatic rings. The third kappa shape index (κ3) is 4.90. The molecule has 0 radical (unpaired) electrons. The first-order chi connectivity index (χ1) is 14.7. The van der Waals surface area contributed by atoms with Crippen LogP contribution in [0.1, 0.15) is 22.3 Å². The van der Waals surface area contributed by atoms with Gasteiger partial charge < -0.3 is 9.47 Å². The van der Waals surface area contributed by atoms with Crippen molar-refractivity contribution in [2.24, 2.45) is 0 Å². The summed E-state index contributed by atoms with van der Waals surface area (Å²) in [7, 11) is 3.38. The number of benzene rings is 4. The van der Waals surface area contributed by atoms with Gasteiger partial charge in [0.2, 0.25) is 0 Å². The molecule has 0 saturated carbocycles. The fourth-order valence-corrected chi connectivity index (χ4v) is 3.59. The fraction of sp³-hybridized carbons (Fsp3) is 0.143.